The van der Waals surface area contributed by atoms with Crippen LogP contribution < -0.4 is 15.0 Å². The van der Waals surface area contributed by atoms with Gasteiger partial charge in [0.15, 0.2) is 0 Å². The monoisotopic (exact) mass is 489 g/mol. The molecule has 1 aromatic heterocycles. The molecule has 0 spiro atoms. The summed E-state index contributed by atoms with van der Waals surface area (Å²) in [5.41, 5.74) is 1.97. The van der Waals surface area contributed by atoms with Crippen molar-refractivity contribution in [1.82, 2.24) is 14.8 Å². The highest BCUT2D eigenvalue weighted by Crippen LogP contribution is 2.42. The molecular weight excluding hydrogens is 466 g/mol. The number of nitrogens with zero attached hydrogens (tertiary/aromatic N) is 4. The normalized spacial score (nSPS) is 25.3. The molecule has 1 fully saturated rings. The van der Waals surface area contributed by atoms with Crippen LogP contribution in [0, 0.1) is 11.8 Å². The van der Waals surface area contributed by atoms with Gasteiger partial charge in [-0.1, -0.05) is 54.1 Å². The number of rotatable bonds is 4. The molecule has 3 aromatic rings. The number of anilines is 2. The predicted octanol–water partition coefficient (Wildman–Crippen LogP) is 4.54. The van der Waals surface area contributed by atoms with E-state index in [4.69, 9.17) is 16.3 Å². The lowest BCUT2D eigenvalue weighted by atomic mass is 9.85. The first kappa shape index (κ1) is 21.9. The first-order valence-corrected chi connectivity index (χ1v) is 12.1. The van der Waals surface area contributed by atoms with Gasteiger partial charge in [-0.05, 0) is 48.6 Å². The molecule has 3 heterocycles. The molecule has 2 amide bonds. The van der Waals surface area contributed by atoms with Crippen molar-refractivity contribution in [3.63, 3.8) is 0 Å². The Bertz CT molecular complexity index is 1310. The van der Waals surface area contributed by atoms with Gasteiger partial charge >= 0.3 is 0 Å². The SMILES string of the molecule is COc1ccc([C@@H]2C[C@@H](c3ccccc3Cl)n3nc(N4C(=O)[C@H]5CC=CC[C@@H]5C4=O)nc3N2)cc1. The van der Waals surface area contributed by atoms with Crippen LogP contribution >= 0.6 is 11.6 Å². The summed E-state index contributed by atoms with van der Waals surface area (Å²) in [6.45, 7) is 0. The molecular formula is C26H24ClN5O3. The minimum Gasteiger partial charge on any atom is -0.497 e. The summed E-state index contributed by atoms with van der Waals surface area (Å²) >= 11 is 6.60. The van der Waals surface area contributed by atoms with Gasteiger partial charge < -0.3 is 10.1 Å². The molecule has 1 saturated heterocycles. The maximum Gasteiger partial charge on any atom is 0.260 e. The van der Waals surface area contributed by atoms with Crippen molar-refractivity contribution >= 4 is 35.3 Å². The van der Waals surface area contributed by atoms with Crippen LogP contribution in [0.4, 0.5) is 11.9 Å². The van der Waals surface area contributed by atoms with E-state index in [9.17, 15) is 9.59 Å². The summed E-state index contributed by atoms with van der Waals surface area (Å²) < 4.78 is 7.05. The van der Waals surface area contributed by atoms with Crippen LogP contribution in [0.25, 0.3) is 0 Å². The molecule has 0 bridgehead atoms. The fourth-order valence-corrected chi connectivity index (χ4v) is 5.58. The van der Waals surface area contributed by atoms with Crippen molar-refractivity contribution in [2.75, 3.05) is 17.3 Å². The van der Waals surface area contributed by atoms with Gasteiger partial charge in [-0.2, -0.15) is 4.98 Å². The van der Waals surface area contributed by atoms with Crippen molar-refractivity contribution in [2.45, 2.75) is 31.3 Å². The number of methoxy groups -OCH3 is 1. The molecule has 4 atom stereocenters. The van der Waals surface area contributed by atoms with E-state index in [-0.39, 0.29) is 41.7 Å². The number of amides is 2. The smallest absolute Gasteiger partial charge is 0.260 e. The Morgan fingerprint density at radius 1 is 1.00 bits per heavy atom. The summed E-state index contributed by atoms with van der Waals surface area (Å²) in [5, 5.41) is 8.75. The van der Waals surface area contributed by atoms with E-state index in [0.29, 0.717) is 30.2 Å². The van der Waals surface area contributed by atoms with Gasteiger partial charge in [0.05, 0.1) is 31.0 Å². The molecule has 1 aliphatic carbocycles. The van der Waals surface area contributed by atoms with E-state index in [1.54, 1.807) is 11.8 Å². The van der Waals surface area contributed by atoms with E-state index in [1.807, 2.05) is 60.7 Å². The van der Waals surface area contributed by atoms with E-state index < -0.39 is 0 Å². The topological polar surface area (TPSA) is 89.4 Å². The van der Waals surface area contributed by atoms with Crippen LogP contribution in [-0.4, -0.2) is 33.7 Å². The first-order valence-electron chi connectivity index (χ1n) is 11.7. The van der Waals surface area contributed by atoms with Gasteiger partial charge in [0, 0.05) is 5.02 Å². The van der Waals surface area contributed by atoms with E-state index in [1.165, 1.54) is 4.90 Å². The molecule has 0 saturated carbocycles. The molecule has 8 nitrogen and oxygen atoms in total. The van der Waals surface area contributed by atoms with Crippen LogP contribution in [0.2, 0.25) is 5.02 Å². The Kier molecular flexibility index (Phi) is 5.33. The van der Waals surface area contributed by atoms with E-state index >= 15 is 0 Å². The van der Waals surface area contributed by atoms with Gasteiger partial charge in [0.2, 0.25) is 17.8 Å². The number of halogens is 1. The first-order chi connectivity index (χ1) is 17.0. The minimum absolute atomic E-state index is 0.0801. The molecule has 0 radical (unpaired) electrons. The van der Waals surface area contributed by atoms with E-state index in [2.05, 4.69) is 15.4 Å². The molecule has 35 heavy (non-hydrogen) atoms. The maximum absolute atomic E-state index is 13.1. The Morgan fingerprint density at radius 2 is 1.69 bits per heavy atom. The molecule has 9 heteroatoms. The lowest BCUT2D eigenvalue weighted by Gasteiger charge is -2.32. The van der Waals surface area contributed by atoms with Crippen LogP contribution in [0.15, 0.2) is 60.7 Å². The molecule has 3 aliphatic rings. The van der Waals surface area contributed by atoms with Crippen LogP contribution in [0.1, 0.15) is 42.5 Å². The number of fused-ring (bicyclic) bond motifs is 2. The fourth-order valence-electron chi connectivity index (χ4n) is 5.32. The standard InChI is InChI=1S/C26H24ClN5O3/c1-35-16-12-10-15(11-13-16)21-14-22(19-8-4-5-9-20(19)27)32-25(28-21)29-26(30-32)31-23(33)17-6-2-3-7-18(17)24(31)34/h2-5,8-13,17-18,21-22H,6-7,14H2,1H3,(H,28,29,30)/t17-,18-,21-,22-/m0/s1. The zero-order chi connectivity index (χ0) is 24.1. The molecule has 1 N–H and O–H groups in total. The van der Waals surface area contributed by atoms with Gasteiger partial charge in [0.25, 0.3) is 5.95 Å². The van der Waals surface area contributed by atoms with Crippen molar-refractivity contribution in [1.29, 1.82) is 0 Å². The van der Waals surface area contributed by atoms with Crippen LogP contribution in [-0.2, 0) is 9.59 Å². The minimum atomic E-state index is -0.340. The second-order valence-corrected chi connectivity index (χ2v) is 9.50. The Morgan fingerprint density at radius 3 is 2.34 bits per heavy atom. The van der Waals surface area contributed by atoms with Crippen molar-refractivity contribution in [3.8, 4) is 5.75 Å². The van der Waals surface area contributed by atoms with Gasteiger partial charge in [-0.15, -0.1) is 5.10 Å². The number of carbonyl (C=O) groups is 2. The quantitative estimate of drug-likeness (QED) is 0.427. The summed E-state index contributed by atoms with van der Waals surface area (Å²) in [5.74, 6) is 0.246. The second-order valence-electron chi connectivity index (χ2n) is 9.09. The van der Waals surface area contributed by atoms with Crippen molar-refractivity contribution in [3.05, 3.63) is 76.8 Å². The Hall–Kier alpha value is -3.65. The Labute approximate surface area is 207 Å². The number of aromatic nitrogens is 3. The highest BCUT2D eigenvalue weighted by atomic mass is 35.5. The maximum atomic E-state index is 13.1. The number of ether oxygens (including phenoxy) is 1. The highest BCUT2D eigenvalue weighted by Gasteiger charge is 2.50. The summed E-state index contributed by atoms with van der Waals surface area (Å²) in [6, 6.07) is 15.2. The third-order valence-corrected chi connectivity index (χ3v) is 7.51. The number of allylic oxidation sites excluding steroid dienone is 2. The zero-order valence-electron chi connectivity index (χ0n) is 19.1. The number of carbonyl (C=O) groups excluding carboxylic acids is 2. The molecule has 0 unspecified atom stereocenters. The van der Waals surface area contributed by atoms with Gasteiger partial charge in [0.1, 0.15) is 5.75 Å². The summed E-state index contributed by atoms with van der Waals surface area (Å²) in [6.07, 6.45) is 5.73. The average molecular weight is 490 g/mol. The highest BCUT2D eigenvalue weighted by molar-refractivity contribution is 6.31. The lowest BCUT2D eigenvalue weighted by Crippen LogP contribution is -2.32. The number of hydrogen-bond acceptors (Lipinski definition) is 6. The lowest BCUT2D eigenvalue weighted by molar-refractivity contribution is -0.122. The number of benzene rings is 2. The van der Waals surface area contributed by atoms with Crippen LogP contribution in [0.5, 0.6) is 5.75 Å². The molecule has 2 aromatic carbocycles. The largest absolute Gasteiger partial charge is 0.497 e. The molecule has 178 valence electrons. The predicted molar refractivity (Wildman–Crippen MR) is 131 cm³/mol. The van der Waals surface area contributed by atoms with Gasteiger partial charge in [-0.3, -0.25) is 9.59 Å². The van der Waals surface area contributed by atoms with E-state index in [0.717, 1.165) is 16.9 Å². The van der Waals surface area contributed by atoms with Crippen molar-refractivity contribution < 1.29 is 14.3 Å². The van der Waals surface area contributed by atoms with Gasteiger partial charge in [-0.25, -0.2) is 9.58 Å². The molecule has 6 rings (SSSR count). The van der Waals surface area contributed by atoms with Crippen LogP contribution in [0.3, 0.4) is 0 Å². The third-order valence-electron chi connectivity index (χ3n) is 7.17. The fraction of sp³-hybridized carbons (Fsp3) is 0.308. The summed E-state index contributed by atoms with van der Waals surface area (Å²) in [4.78, 5) is 32.1. The average Bonchev–Trinajstić information content (AvgIpc) is 3.42. The molecule has 2 aliphatic heterocycles. The number of imide groups is 1. The second kappa shape index (κ2) is 8.53. The number of nitrogens with one attached hydrogen (secondary N) is 1. The summed E-state index contributed by atoms with van der Waals surface area (Å²) in [7, 11) is 1.64. The third kappa shape index (κ3) is 3.60. The van der Waals surface area contributed by atoms with Crippen molar-refractivity contribution in [2.24, 2.45) is 11.8 Å². The zero-order valence-corrected chi connectivity index (χ0v) is 19.9. The Balaban J connectivity index is 1.40. The number of hydrogen-bond donors (Lipinski definition) is 1.